The van der Waals surface area contributed by atoms with Crippen molar-refractivity contribution >= 4 is 11.0 Å². The van der Waals surface area contributed by atoms with Gasteiger partial charge < -0.3 is 39.8 Å². The van der Waals surface area contributed by atoms with Gasteiger partial charge >= 0.3 is 0 Å². The zero-order valence-electron chi connectivity index (χ0n) is 15.5. The van der Waals surface area contributed by atoms with E-state index < -0.39 is 42.6 Å². The number of phenolic OH excluding ortho intramolecular Hbond substituents is 2. The van der Waals surface area contributed by atoms with Crippen molar-refractivity contribution in [3.63, 3.8) is 0 Å². The van der Waals surface area contributed by atoms with Gasteiger partial charge in [-0.1, -0.05) is 12.1 Å². The highest BCUT2D eigenvalue weighted by molar-refractivity contribution is 5.86. The summed E-state index contributed by atoms with van der Waals surface area (Å²) in [7, 11) is 0. The molecule has 30 heavy (non-hydrogen) atoms. The summed E-state index contributed by atoms with van der Waals surface area (Å²) in [4.78, 5) is 13.0. The number of benzene rings is 2. The molecule has 9 heteroatoms. The minimum Gasteiger partial charge on any atom is -0.508 e. The van der Waals surface area contributed by atoms with Gasteiger partial charge in [-0.15, -0.1) is 0 Å². The van der Waals surface area contributed by atoms with E-state index in [-0.39, 0.29) is 33.6 Å². The van der Waals surface area contributed by atoms with Crippen molar-refractivity contribution in [3.8, 4) is 22.6 Å². The van der Waals surface area contributed by atoms with Gasteiger partial charge in [-0.25, -0.2) is 0 Å². The van der Waals surface area contributed by atoms with Crippen LogP contribution in [0.4, 0.5) is 0 Å². The standard InChI is InChI=1S/C21H20O9/c22-7-14-17(26)18(27)19(28)21(30-14)15-13(24)6-5-11-16(25)12(8-29-20(11)15)9-1-3-10(23)4-2-9/h1-6,8,14,17-19,21-24,26-28H,7H2/t14-,17+,18-,19-,21-/m0/s1. The van der Waals surface area contributed by atoms with Crippen LogP contribution in [-0.2, 0) is 4.74 Å². The van der Waals surface area contributed by atoms with Gasteiger partial charge in [0.15, 0.2) is 0 Å². The quantitative estimate of drug-likeness (QED) is 0.355. The Morgan fingerprint density at radius 2 is 1.60 bits per heavy atom. The van der Waals surface area contributed by atoms with Crippen LogP contribution in [0.5, 0.6) is 11.5 Å². The number of aromatic hydroxyl groups is 2. The van der Waals surface area contributed by atoms with Crippen LogP contribution in [0.15, 0.2) is 51.9 Å². The van der Waals surface area contributed by atoms with Crippen molar-refractivity contribution in [2.75, 3.05) is 6.61 Å². The number of hydrogen-bond acceptors (Lipinski definition) is 9. The van der Waals surface area contributed by atoms with Crippen LogP contribution in [0.1, 0.15) is 11.7 Å². The van der Waals surface area contributed by atoms with Gasteiger partial charge in [0.05, 0.1) is 23.1 Å². The maximum Gasteiger partial charge on any atom is 0.200 e. The van der Waals surface area contributed by atoms with Gasteiger partial charge in [0.2, 0.25) is 5.43 Å². The van der Waals surface area contributed by atoms with Crippen molar-refractivity contribution in [2.24, 2.45) is 0 Å². The van der Waals surface area contributed by atoms with Crippen molar-refractivity contribution in [3.05, 3.63) is 58.4 Å². The monoisotopic (exact) mass is 416 g/mol. The minimum absolute atomic E-state index is 0.0405. The molecule has 0 radical (unpaired) electrons. The van der Waals surface area contributed by atoms with E-state index >= 15 is 0 Å². The topological polar surface area (TPSA) is 161 Å². The lowest BCUT2D eigenvalue weighted by Gasteiger charge is -2.40. The molecular weight excluding hydrogens is 396 g/mol. The van der Waals surface area contributed by atoms with Crippen LogP contribution in [-0.4, -0.2) is 61.7 Å². The molecule has 2 aromatic carbocycles. The molecule has 0 spiro atoms. The SMILES string of the molecule is O=c1c(-c2ccc(O)cc2)coc2c([C@@H]3O[C@@H](CO)[C@@H](O)[C@H](O)[C@@H]3O)c(O)ccc12. The first-order valence-corrected chi connectivity index (χ1v) is 9.20. The Morgan fingerprint density at radius 1 is 0.900 bits per heavy atom. The second-order valence-corrected chi connectivity index (χ2v) is 7.15. The summed E-state index contributed by atoms with van der Waals surface area (Å²) in [6, 6.07) is 8.54. The molecule has 0 saturated carbocycles. The normalized spacial score (nSPS) is 26.7. The number of aliphatic hydroxyl groups excluding tert-OH is 4. The Bertz CT molecular complexity index is 1120. The fourth-order valence-electron chi connectivity index (χ4n) is 3.67. The van der Waals surface area contributed by atoms with Crippen molar-refractivity contribution in [2.45, 2.75) is 30.5 Å². The molecular formula is C21H20O9. The maximum absolute atomic E-state index is 13.0. The zero-order chi connectivity index (χ0) is 21.6. The first-order valence-electron chi connectivity index (χ1n) is 9.20. The molecule has 4 rings (SSSR count). The van der Waals surface area contributed by atoms with E-state index in [1.54, 1.807) is 12.1 Å². The van der Waals surface area contributed by atoms with E-state index in [2.05, 4.69) is 0 Å². The summed E-state index contributed by atoms with van der Waals surface area (Å²) >= 11 is 0. The van der Waals surface area contributed by atoms with E-state index in [1.807, 2.05) is 0 Å². The maximum atomic E-state index is 13.0. The molecule has 0 unspecified atom stereocenters. The van der Waals surface area contributed by atoms with Gasteiger partial charge in [-0.2, -0.15) is 0 Å². The number of rotatable bonds is 3. The fraction of sp³-hybridized carbons (Fsp3) is 0.286. The second-order valence-electron chi connectivity index (χ2n) is 7.15. The molecule has 1 aromatic heterocycles. The van der Waals surface area contributed by atoms with Gasteiger partial charge in [0.1, 0.15) is 53.9 Å². The van der Waals surface area contributed by atoms with E-state index in [1.165, 1.54) is 30.5 Å². The lowest BCUT2D eigenvalue weighted by molar-refractivity contribution is -0.231. The summed E-state index contributed by atoms with van der Waals surface area (Å²) in [5.41, 5.74) is 0.150. The molecule has 0 aliphatic carbocycles. The summed E-state index contributed by atoms with van der Waals surface area (Å²) in [6.45, 7) is -0.637. The summed E-state index contributed by atoms with van der Waals surface area (Å²) in [5.74, 6) is -0.314. The van der Waals surface area contributed by atoms with Crippen molar-refractivity contribution < 1.29 is 39.8 Å². The van der Waals surface area contributed by atoms with Gasteiger partial charge in [0.25, 0.3) is 0 Å². The first-order chi connectivity index (χ1) is 14.3. The Hall–Kier alpha value is -2.95. The first kappa shape index (κ1) is 20.3. The highest BCUT2D eigenvalue weighted by Gasteiger charge is 2.45. The van der Waals surface area contributed by atoms with Gasteiger partial charge in [0, 0.05) is 0 Å². The Balaban J connectivity index is 1.87. The number of phenols is 2. The molecule has 1 aliphatic heterocycles. The Morgan fingerprint density at radius 3 is 2.27 bits per heavy atom. The number of aliphatic hydroxyl groups is 4. The third-order valence-electron chi connectivity index (χ3n) is 5.31. The number of fused-ring (bicyclic) bond motifs is 1. The molecule has 5 atom stereocenters. The van der Waals surface area contributed by atoms with Gasteiger partial charge in [-0.05, 0) is 29.8 Å². The van der Waals surface area contributed by atoms with Crippen LogP contribution in [0.2, 0.25) is 0 Å². The summed E-state index contributed by atoms with van der Waals surface area (Å²) < 4.78 is 11.1. The molecule has 1 aliphatic rings. The molecule has 158 valence electrons. The number of hydrogen-bond donors (Lipinski definition) is 6. The van der Waals surface area contributed by atoms with E-state index in [0.29, 0.717) is 5.56 Å². The third-order valence-corrected chi connectivity index (χ3v) is 5.31. The highest BCUT2D eigenvalue weighted by Crippen LogP contribution is 2.40. The molecule has 2 heterocycles. The largest absolute Gasteiger partial charge is 0.508 e. The average Bonchev–Trinajstić information content (AvgIpc) is 2.74. The predicted octanol–water partition coefficient (Wildman–Crippen LogP) is 0.386. The minimum atomic E-state index is -1.65. The van der Waals surface area contributed by atoms with E-state index in [9.17, 15) is 35.4 Å². The fourth-order valence-corrected chi connectivity index (χ4v) is 3.67. The van der Waals surface area contributed by atoms with Crippen LogP contribution >= 0.6 is 0 Å². The Kier molecular flexibility index (Phi) is 5.22. The lowest BCUT2D eigenvalue weighted by atomic mass is 9.89. The average molecular weight is 416 g/mol. The van der Waals surface area contributed by atoms with E-state index in [0.717, 1.165) is 0 Å². The van der Waals surface area contributed by atoms with Crippen LogP contribution in [0.3, 0.4) is 0 Å². The molecule has 1 saturated heterocycles. The lowest BCUT2D eigenvalue weighted by Crippen LogP contribution is -2.55. The smallest absolute Gasteiger partial charge is 0.200 e. The zero-order valence-corrected chi connectivity index (χ0v) is 15.5. The molecule has 6 N–H and O–H groups in total. The van der Waals surface area contributed by atoms with E-state index in [4.69, 9.17) is 9.15 Å². The van der Waals surface area contributed by atoms with Crippen LogP contribution < -0.4 is 5.43 Å². The molecule has 9 nitrogen and oxygen atoms in total. The third kappa shape index (κ3) is 3.22. The highest BCUT2D eigenvalue weighted by atomic mass is 16.5. The molecule has 3 aromatic rings. The second kappa shape index (κ2) is 7.71. The van der Waals surface area contributed by atoms with Crippen molar-refractivity contribution in [1.82, 2.24) is 0 Å². The Labute approximate surface area is 169 Å². The molecule has 0 amide bonds. The molecule has 0 bridgehead atoms. The van der Waals surface area contributed by atoms with Crippen LogP contribution in [0, 0.1) is 0 Å². The van der Waals surface area contributed by atoms with Crippen LogP contribution in [0.25, 0.3) is 22.1 Å². The summed E-state index contributed by atoms with van der Waals surface area (Å²) in [5, 5.41) is 59.8. The summed E-state index contributed by atoms with van der Waals surface area (Å²) in [6.07, 6.45) is -6.24. The molecule has 1 fully saturated rings. The number of ether oxygens (including phenoxy) is 1. The predicted molar refractivity (Wildman–Crippen MR) is 104 cm³/mol. The van der Waals surface area contributed by atoms with Gasteiger partial charge in [-0.3, -0.25) is 4.79 Å². The van der Waals surface area contributed by atoms with Crippen molar-refractivity contribution in [1.29, 1.82) is 0 Å².